The minimum atomic E-state index is -0.00357. The van der Waals surface area contributed by atoms with E-state index >= 15 is 0 Å². The largest absolute Gasteiger partial charge is 0.381 e. The van der Waals surface area contributed by atoms with Crippen LogP contribution in [0.25, 0.3) is 5.65 Å². The first-order chi connectivity index (χ1) is 14.3. The van der Waals surface area contributed by atoms with E-state index < -0.39 is 0 Å². The molecule has 2 fully saturated rings. The molecule has 1 saturated heterocycles. The molecule has 1 aliphatic carbocycles. The summed E-state index contributed by atoms with van der Waals surface area (Å²) >= 11 is 0. The molecule has 1 aromatic carbocycles. The number of hydrogen-bond donors (Lipinski definition) is 0. The highest BCUT2D eigenvalue weighted by Gasteiger charge is 2.25. The fraction of sp³-hybridized carbons (Fsp3) is 0.522. The Balaban J connectivity index is 1.59. The van der Waals surface area contributed by atoms with Gasteiger partial charge in [0.25, 0.3) is 5.56 Å². The van der Waals surface area contributed by atoms with Crippen LogP contribution in [-0.4, -0.2) is 32.4 Å². The number of ether oxygens (including phenoxy) is 1. The number of hydrogen-bond acceptors (Lipinski definition) is 4. The molecule has 0 bridgehead atoms. The Morgan fingerprint density at radius 1 is 1.00 bits per heavy atom. The summed E-state index contributed by atoms with van der Waals surface area (Å²) < 4.78 is 9.44. The summed E-state index contributed by atoms with van der Waals surface area (Å²) in [7, 11) is 0. The van der Waals surface area contributed by atoms with Crippen LogP contribution in [0, 0.1) is 5.92 Å². The molecular formula is C23H28N4O2. The number of rotatable bonds is 5. The molecule has 152 valence electrons. The quantitative estimate of drug-likeness (QED) is 0.666. The lowest BCUT2D eigenvalue weighted by Crippen LogP contribution is -2.29. The van der Waals surface area contributed by atoms with Gasteiger partial charge in [-0.15, -0.1) is 10.2 Å². The SMILES string of the molecule is O=c1c2nnc(C3CCOCC3)n2cc(Cc2ccccc2)n1CC1CCCC1. The van der Waals surface area contributed by atoms with Gasteiger partial charge >= 0.3 is 0 Å². The Hall–Kier alpha value is -2.47. The van der Waals surface area contributed by atoms with Gasteiger partial charge in [0.15, 0.2) is 0 Å². The van der Waals surface area contributed by atoms with Crippen LogP contribution >= 0.6 is 0 Å². The fourth-order valence-corrected chi connectivity index (χ4v) is 4.88. The van der Waals surface area contributed by atoms with Gasteiger partial charge in [0.2, 0.25) is 5.65 Å². The van der Waals surface area contributed by atoms with Crippen LogP contribution in [0.1, 0.15) is 61.5 Å². The van der Waals surface area contributed by atoms with Gasteiger partial charge in [0, 0.05) is 44.0 Å². The lowest BCUT2D eigenvalue weighted by molar-refractivity contribution is 0.0834. The van der Waals surface area contributed by atoms with Crippen molar-refractivity contribution in [1.29, 1.82) is 0 Å². The van der Waals surface area contributed by atoms with E-state index in [1.165, 1.54) is 31.2 Å². The summed E-state index contributed by atoms with van der Waals surface area (Å²) in [5.74, 6) is 1.79. The molecule has 0 radical (unpaired) electrons. The van der Waals surface area contributed by atoms with Crippen molar-refractivity contribution in [2.45, 2.75) is 57.4 Å². The van der Waals surface area contributed by atoms with Crippen molar-refractivity contribution in [2.75, 3.05) is 13.2 Å². The topological polar surface area (TPSA) is 61.4 Å². The van der Waals surface area contributed by atoms with E-state index in [-0.39, 0.29) is 5.56 Å². The maximum atomic E-state index is 13.4. The van der Waals surface area contributed by atoms with E-state index in [4.69, 9.17) is 4.74 Å². The van der Waals surface area contributed by atoms with Crippen molar-refractivity contribution in [3.8, 4) is 0 Å². The second kappa shape index (κ2) is 8.11. The highest BCUT2D eigenvalue weighted by molar-refractivity contribution is 5.38. The summed E-state index contributed by atoms with van der Waals surface area (Å²) in [6.45, 7) is 2.28. The van der Waals surface area contributed by atoms with Gasteiger partial charge in [-0.2, -0.15) is 0 Å². The third kappa shape index (κ3) is 3.73. The van der Waals surface area contributed by atoms with Gasteiger partial charge in [0.1, 0.15) is 5.82 Å². The molecule has 0 atom stereocenters. The number of nitrogens with zero attached hydrogens (tertiary/aromatic N) is 4. The summed E-state index contributed by atoms with van der Waals surface area (Å²) in [6, 6.07) is 10.4. The van der Waals surface area contributed by atoms with Crippen LogP contribution < -0.4 is 5.56 Å². The smallest absolute Gasteiger partial charge is 0.296 e. The van der Waals surface area contributed by atoms with E-state index in [9.17, 15) is 4.79 Å². The van der Waals surface area contributed by atoms with Gasteiger partial charge in [-0.1, -0.05) is 43.2 Å². The molecule has 3 aromatic rings. The van der Waals surface area contributed by atoms with Crippen molar-refractivity contribution in [2.24, 2.45) is 5.92 Å². The zero-order valence-electron chi connectivity index (χ0n) is 16.8. The molecule has 0 spiro atoms. The van der Waals surface area contributed by atoms with Crippen molar-refractivity contribution >= 4 is 5.65 Å². The minimum absolute atomic E-state index is 0.00357. The van der Waals surface area contributed by atoms with Gasteiger partial charge in [0.05, 0.1) is 0 Å². The fourth-order valence-electron chi connectivity index (χ4n) is 4.88. The second-order valence-corrected chi connectivity index (χ2v) is 8.49. The first-order valence-corrected chi connectivity index (χ1v) is 10.9. The molecule has 3 heterocycles. The Bertz CT molecular complexity index is 1030. The molecule has 6 heteroatoms. The number of fused-ring (bicyclic) bond motifs is 1. The summed E-state index contributed by atoms with van der Waals surface area (Å²) in [5.41, 5.74) is 2.72. The summed E-state index contributed by atoms with van der Waals surface area (Å²) in [5, 5.41) is 8.76. The second-order valence-electron chi connectivity index (χ2n) is 8.49. The molecule has 0 unspecified atom stereocenters. The van der Waals surface area contributed by atoms with E-state index in [0.717, 1.165) is 50.5 Å². The Labute approximate surface area is 170 Å². The predicted octanol–water partition coefficient (Wildman–Crippen LogP) is 3.57. The summed E-state index contributed by atoms with van der Waals surface area (Å²) in [4.78, 5) is 13.4. The first-order valence-electron chi connectivity index (χ1n) is 10.9. The van der Waals surface area contributed by atoms with Crippen LogP contribution in [0.3, 0.4) is 0 Å². The van der Waals surface area contributed by atoms with Crippen LogP contribution in [-0.2, 0) is 17.7 Å². The molecule has 0 amide bonds. The van der Waals surface area contributed by atoms with Crippen molar-refractivity contribution in [3.05, 3.63) is 64.0 Å². The lowest BCUT2D eigenvalue weighted by atomic mass is 9.99. The van der Waals surface area contributed by atoms with Crippen LogP contribution in [0.15, 0.2) is 41.3 Å². The van der Waals surface area contributed by atoms with Crippen molar-refractivity contribution < 1.29 is 4.74 Å². The van der Waals surface area contributed by atoms with E-state index in [1.807, 2.05) is 15.0 Å². The molecule has 5 rings (SSSR count). The molecule has 29 heavy (non-hydrogen) atoms. The third-order valence-corrected chi connectivity index (χ3v) is 6.51. The first kappa shape index (κ1) is 18.6. The van der Waals surface area contributed by atoms with Gasteiger partial charge in [-0.3, -0.25) is 9.20 Å². The maximum absolute atomic E-state index is 13.4. The molecule has 6 nitrogen and oxygen atoms in total. The van der Waals surface area contributed by atoms with Crippen molar-refractivity contribution in [1.82, 2.24) is 19.2 Å². The van der Waals surface area contributed by atoms with E-state index in [1.54, 1.807) is 0 Å². The van der Waals surface area contributed by atoms with Gasteiger partial charge in [-0.05, 0) is 37.2 Å². The number of benzene rings is 1. The zero-order chi connectivity index (χ0) is 19.6. The average Bonchev–Trinajstić information content (AvgIpc) is 3.42. The normalized spacial score (nSPS) is 18.6. The number of aromatic nitrogens is 4. The van der Waals surface area contributed by atoms with Gasteiger partial charge < -0.3 is 9.30 Å². The van der Waals surface area contributed by atoms with E-state index in [0.29, 0.717) is 17.5 Å². The highest BCUT2D eigenvalue weighted by Crippen LogP contribution is 2.28. The third-order valence-electron chi connectivity index (χ3n) is 6.51. The van der Waals surface area contributed by atoms with Crippen LogP contribution in [0.2, 0.25) is 0 Å². The summed E-state index contributed by atoms with van der Waals surface area (Å²) in [6.07, 6.45) is 9.68. The molecule has 1 aliphatic heterocycles. The Morgan fingerprint density at radius 2 is 1.76 bits per heavy atom. The van der Waals surface area contributed by atoms with Crippen LogP contribution in [0.4, 0.5) is 0 Å². The Morgan fingerprint density at radius 3 is 2.52 bits per heavy atom. The molecule has 0 N–H and O–H groups in total. The average molecular weight is 393 g/mol. The predicted molar refractivity (Wildman–Crippen MR) is 111 cm³/mol. The van der Waals surface area contributed by atoms with Gasteiger partial charge in [-0.25, -0.2) is 0 Å². The minimum Gasteiger partial charge on any atom is -0.381 e. The standard InChI is InChI=1S/C23H28N4O2/c28-23-22-25-24-21(19-10-12-29-13-11-19)27(22)16-20(14-17-6-2-1-3-7-17)26(23)15-18-8-4-5-9-18/h1-3,6-7,16,18-19H,4-5,8-15H2. The monoisotopic (exact) mass is 392 g/mol. The van der Waals surface area contributed by atoms with Crippen molar-refractivity contribution in [3.63, 3.8) is 0 Å². The molecule has 1 saturated carbocycles. The maximum Gasteiger partial charge on any atom is 0.296 e. The highest BCUT2D eigenvalue weighted by atomic mass is 16.5. The zero-order valence-corrected chi connectivity index (χ0v) is 16.8. The van der Waals surface area contributed by atoms with Crippen LogP contribution in [0.5, 0.6) is 0 Å². The molecular weight excluding hydrogens is 364 g/mol. The molecule has 2 aliphatic rings. The molecule has 2 aromatic heterocycles. The Kier molecular flexibility index (Phi) is 5.19. The lowest BCUT2D eigenvalue weighted by Gasteiger charge is -2.21. The van der Waals surface area contributed by atoms with E-state index in [2.05, 4.69) is 40.7 Å².